The highest BCUT2D eigenvalue weighted by Gasteiger charge is 2.09. The molecule has 0 aliphatic rings. The number of carbonyl (C=O) groups is 2. The number of hydrogen-bond acceptors (Lipinski definition) is 4. The van der Waals surface area contributed by atoms with Gasteiger partial charge in [0.2, 0.25) is 5.91 Å². The summed E-state index contributed by atoms with van der Waals surface area (Å²) in [5.74, 6) is -1.38. The van der Waals surface area contributed by atoms with Crippen LogP contribution in [0.4, 0.5) is 0 Å². The summed E-state index contributed by atoms with van der Waals surface area (Å²) in [5.41, 5.74) is 0.700. The smallest absolute Gasteiger partial charge is 0.356 e. The Morgan fingerprint density at radius 3 is 2.89 bits per heavy atom. The van der Waals surface area contributed by atoms with Crippen molar-refractivity contribution in [1.29, 1.82) is 0 Å². The predicted molar refractivity (Wildman–Crippen MR) is 59.6 cm³/mol. The number of carboxylic acids is 1. The summed E-state index contributed by atoms with van der Waals surface area (Å²) in [6, 6.07) is 3.08. The van der Waals surface area contributed by atoms with Gasteiger partial charge in [0.1, 0.15) is 6.54 Å². The third kappa shape index (κ3) is 2.94. The van der Waals surface area contributed by atoms with Crippen LogP contribution in [0.1, 0.15) is 16.2 Å². The normalized spacial score (nSPS) is 10.2. The Bertz CT molecular complexity index is 546. The highest BCUT2D eigenvalue weighted by atomic mass is 16.4. The Morgan fingerprint density at radius 2 is 2.28 bits per heavy atom. The molecule has 3 N–H and O–H groups in total. The minimum absolute atomic E-state index is 0.0264. The first kappa shape index (κ1) is 11.8. The molecule has 0 spiro atoms. The van der Waals surface area contributed by atoms with Crippen molar-refractivity contribution >= 4 is 11.9 Å². The van der Waals surface area contributed by atoms with E-state index in [9.17, 15) is 9.59 Å². The molecule has 8 heteroatoms. The van der Waals surface area contributed by atoms with Gasteiger partial charge in [0.25, 0.3) is 0 Å². The van der Waals surface area contributed by atoms with Gasteiger partial charge >= 0.3 is 5.97 Å². The Kier molecular flexibility index (Phi) is 3.37. The lowest BCUT2D eigenvalue weighted by Crippen LogP contribution is -2.27. The van der Waals surface area contributed by atoms with Crippen LogP contribution in [0.2, 0.25) is 0 Å². The summed E-state index contributed by atoms with van der Waals surface area (Å²) in [7, 11) is 0. The number of nitrogens with one attached hydrogen (secondary N) is 2. The number of nitrogens with zero attached hydrogens (tertiary/aromatic N) is 3. The summed E-state index contributed by atoms with van der Waals surface area (Å²) in [4.78, 5) is 22.1. The van der Waals surface area contributed by atoms with Crippen LogP contribution >= 0.6 is 0 Å². The second kappa shape index (κ2) is 5.13. The third-order valence-corrected chi connectivity index (χ3v) is 2.20. The van der Waals surface area contributed by atoms with E-state index in [1.54, 1.807) is 12.3 Å². The van der Waals surface area contributed by atoms with Crippen molar-refractivity contribution in [3.8, 4) is 0 Å². The predicted octanol–water partition coefficient (Wildman–Crippen LogP) is -0.379. The van der Waals surface area contributed by atoms with E-state index in [-0.39, 0.29) is 18.1 Å². The van der Waals surface area contributed by atoms with Gasteiger partial charge in [-0.3, -0.25) is 14.6 Å². The first-order valence-corrected chi connectivity index (χ1v) is 5.17. The lowest BCUT2D eigenvalue weighted by molar-refractivity contribution is -0.122. The molecule has 2 heterocycles. The van der Waals surface area contributed by atoms with E-state index >= 15 is 0 Å². The fourth-order valence-corrected chi connectivity index (χ4v) is 1.34. The monoisotopic (exact) mass is 249 g/mol. The van der Waals surface area contributed by atoms with E-state index in [1.807, 2.05) is 0 Å². The molecule has 0 atom stereocenters. The number of aromatic amines is 1. The van der Waals surface area contributed by atoms with Gasteiger partial charge < -0.3 is 10.4 Å². The summed E-state index contributed by atoms with van der Waals surface area (Å²) in [6.45, 7) is 0.313. The van der Waals surface area contributed by atoms with Gasteiger partial charge in [-0.25, -0.2) is 4.79 Å². The molecule has 18 heavy (non-hydrogen) atoms. The van der Waals surface area contributed by atoms with Crippen molar-refractivity contribution in [2.24, 2.45) is 0 Å². The largest absolute Gasteiger partial charge is 0.476 e. The number of hydrogen-bond donors (Lipinski definition) is 3. The molecule has 0 aromatic carbocycles. The molecule has 2 rings (SSSR count). The zero-order valence-electron chi connectivity index (χ0n) is 9.33. The van der Waals surface area contributed by atoms with Crippen LogP contribution in [0, 0.1) is 0 Å². The van der Waals surface area contributed by atoms with Gasteiger partial charge in [-0.05, 0) is 12.1 Å². The Hall–Kier alpha value is -2.64. The van der Waals surface area contributed by atoms with Crippen molar-refractivity contribution in [2.45, 2.75) is 13.1 Å². The fraction of sp³-hybridized carbons (Fsp3) is 0.200. The zero-order chi connectivity index (χ0) is 13.0. The average Bonchev–Trinajstić information content (AvgIpc) is 2.96. The van der Waals surface area contributed by atoms with Gasteiger partial charge in [-0.15, -0.1) is 0 Å². The van der Waals surface area contributed by atoms with Crippen LogP contribution in [0.25, 0.3) is 0 Å². The van der Waals surface area contributed by atoms with Crippen LogP contribution in [0.3, 0.4) is 0 Å². The molecule has 2 aromatic heterocycles. The Balaban J connectivity index is 1.85. The molecule has 0 saturated heterocycles. The molecule has 0 radical (unpaired) electrons. The maximum Gasteiger partial charge on any atom is 0.356 e. The number of H-pyrrole nitrogens is 1. The first-order chi connectivity index (χ1) is 8.65. The van der Waals surface area contributed by atoms with Gasteiger partial charge in [0.05, 0.1) is 12.2 Å². The number of amides is 1. The van der Waals surface area contributed by atoms with E-state index in [0.717, 1.165) is 5.69 Å². The number of rotatable bonds is 5. The number of carboxylic acid groups (broad SMARTS) is 1. The molecule has 0 unspecified atom stereocenters. The van der Waals surface area contributed by atoms with Crippen molar-refractivity contribution < 1.29 is 14.7 Å². The van der Waals surface area contributed by atoms with E-state index in [0.29, 0.717) is 6.54 Å². The summed E-state index contributed by atoms with van der Waals surface area (Å²) < 4.78 is 1.27. The molecule has 1 amide bonds. The molecular weight excluding hydrogens is 238 g/mol. The van der Waals surface area contributed by atoms with Crippen molar-refractivity contribution in [1.82, 2.24) is 25.3 Å². The molecule has 0 aliphatic heterocycles. The molecular formula is C10H11N5O3. The fourth-order valence-electron chi connectivity index (χ4n) is 1.34. The number of aromatic nitrogens is 4. The van der Waals surface area contributed by atoms with E-state index in [4.69, 9.17) is 5.11 Å². The van der Waals surface area contributed by atoms with Crippen molar-refractivity contribution in [2.75, 3.05) is 0 Å². The number of carbonyl (C=O) groups excluding carboxylic acids is 1. The lowest BCUT2D eigenvalue weighted by atomic mass is 10.4. The van der Waals surface area contributed by atoms with Crippen LogP contribution in [-0.2, 0) is 17.9 Å². The molecule has 0 bridgehead atoms. The van der Waals surface area contributed by atoms with E-state index in [2.05, 4.69) is 20.6 Å². The van der Waals surface area contributed by atoms with Crippen molar-refractivity contribution in [3.63, 3.8) is 0 Å². The zero-order valence-corrected chi connectivity index (χ0v) is 9.33. The molecule has 2 aromatic rings. The van der Waals surface area contributed by atoms with Gasteiger partial charge in [-0.2, -0.15) is 10.2 Å². The average molecular weight is 249 g/mol. The minimum atomic E-state index is -1.12. The summed E-state index contributed by atoms with van der Waals surface area (Å²) in [5, 5.41) is 21.5. The van der Waals surface area contributed by atoms with Gasteiger partial charge in [0, 0.05) is 12.4 Å². The second-order valence-electron chi connectivity index (χ2n) is 3.56. The lowest BCUT2D eigenvalue weighted by Gasteiger charge is -2.03. The maximum absolute atomic E-state index is 11.5. The van der Waals surface area contributed by atoms with Crippen LogP contribution in [0.15, 0.2) is 24.5 Å². The third-order valence-electron chi connectivity index (χ3n) is 2.20. The van der Waals surface area contributed by atoms with Gasteiger partial charge in [0.15, 0.2) is 5.69 Å². The summed E-state index contributed by atoms with van der Waals surface area (Å²) in [6.07, 6.45) is 3.04. The van der Waals surface area contributed by atoms with Crippen molar-refractivity contribution in [3.05, 3.63) is 35.9 Å². The van der Waals surface area contributed by atoms with Crippen LogP contribution in [0.5, 0.6) is 0 Å². The first-order valence-electron chi connectivity index (χ1n) is 5.17. The molecule has 0 aliphatic carbocycles. The highest BCUT2D eigenvalue weighted by Crippen LogP contribution is 1.96. The molecule has 0 fully saturated rings. The van der Waals surface area contributed by atoms with E-state index in [1.165, 1.54) is 16.9 Å². The maximum atomic E-state index is 11.5. The molecule has 94 valence electrons. The highest BCUT2D eigenvalue weighted by molar-refractivity contribution is 5.85. The Labute approximate surface area is 102 Å². The minimum Gasteiger partial charge on any atom is -0.476 e. The number of aromatic carboxylic acids is 1. The van der Waals surface area contributed by atoms with Crippen LogP contribution < -0.4 is 5.32 Å². The standard InChI is InChI=1S/C10H11N5O3/c16-9(11-5-7-1-3-12-13-7)6-15-4-2-8(14-15)10(17)18/h1-4H,5-6H2,(H,11,16)(H,12,13)(H,17,18). The Morgan fingerprint density at radius 1 is 1.44 bits per heavy atom. The topological polar surface area (TPSA) is 113 Å². The molecule has 8 nitrogen and oxygen atoms in total. The summed E-state index contributed by atoms with van der Waals surface area (Å²) >= 11 is 0. The molecule has 0 saturated carbocycles. The quantitative estimate of drug-likeness (QED) is 0.668. The SMILES string of the molecule is O=C(Cn1ccc(C(=O)O)n1)NCc1ccn[nH]1. The van der Waals surface area contributed by atoms with Crippen LogP contribution in [-0.4, -0.2) is 37.0 Å². The van der Waals surface area contributed by atoms with Gasteiger partial charge in [-0.1, -0.05) is 0 Å². The second-order valence-corrected chi connectivity index (χ2v) is 3.56. The van der Waals surface area contributed by atoms with E-state index < -0.39 is 5.97 Å².